The lowest BCUT2D eigenvalue weighted by Gasteiger charge is -2.29. The normalized spacial score (nSPS) is 17.8. The van der Waals surface area contributed by atoms with Crippen LogP contribution in [0.1, 0.15) is 29.0 Å². The molecule has 2 aromatic carbocycles. The summed E-state index contributed by atoms with van der Waals surface area (Å²) < 4.78 is 7.49. The zero-order valence-electron chi connectivity index (χ0n) is 18.1. The number of pyridine rings is 1. The van der Waals surface area contributed by atoms with Crippen LogP contribution in [0.4, 0.5) is 0 Å². The van der Waals surface area contributed by atoms with Crippen LogP contribution < -0.4 is 10.1 Å². The second-order valence-electron chi connectivity index (χ2n) is 7.89. The van der Waals surface area contributed by atoms with Gasteiger partial charge in [0.25, 0.3) is 0 Å². The first kappa shape index (κ1) is 21.5. The van der Waals surface area contributed by atoms with E-state index in [0.717, 1.165) is 28.4 Å². The van der Waals surface area contributed by atoms with Gasteiger partial charge in [-0.15, -0.1) is 0 Å². The van der Waals surface area contributed by atoms with E-state index < -0.39 is 0 Å². The molecule has 1 aliphatic heterocycles. The van der Waals surface area contributed by atoms with Crippen molar-refractivity contribution < 1.29 is 4.74 Å². The highest BCUT2D eigenvalue weighted by molar-refractivity contribution is 7.80. The Labute approximate surface area is 203 Å². The fourth-order valence-electron chi connectivity index (χ4n) is 4.32. The van der Waals surface area contributed by atoms with Crippen LogP contribution in [0.3, 0.4) is 0 Å². The molecule has 2 aromatic heterocycles. The van der Waals surface area contributed by atoms with Gasteiger partial charge in [0.15, 0.2) is 5.11 Å². The summed E-state index contributed by atoms with van der Waals surface area (Å²) in [6, 6.07) is 26.0. The molecule has 5 rings (SSSR count). The van der Waals surface area contributed by atoms with E-state index >= 15 is 0 Å². The Morgan fingerprint density at radius 2 is 1.88 bits per heavy atom. The van der Waals surface area contributed by atoms with E-state index in [-0.39, 0.29) is 12.1 Å². The molecule has 4 aromatic rings. The van der Waals surface area contributed by atoms with Crippen LogP contribution in [0.2, 0.25) is 5.02 Å². The van der Waals surface area contributed by atoms with Gasteiger partial charge in [-0.1, -0.05) is 35.9 Å². The summed E-state index contributed by atoms with van der Waals surface area (Å²) in [6.07, 6.45) is 3.88. The van der Waals surface area contributed by atoms with E-state index in [1.54, 1.807) is 7.11 Å². The summed E-state index contributed by atoms with van der Waals surface area (Å²) in [7, 11) is 1.67. The van der Waals surface area contributed by atoms with Crippen molar-refractivity contribution in [1.29, 1.82) is 0 Å². The van der Waals surface area contributed by atoms with Crippen molar-refractivity contribution in [2.24, 2.45) is 0 Å². The maximum absolute atomic E-state index is 6.31. The van der Waals surface area contributed by atoms with E-state index in [1.165, 1.54) is 0 Å². The molecule has 0 bridgehead atoms. The number of hydrogen-bond donors (Lipinski definition) is 1. The Morgan fingerprint density at radius 3 is 2.61 bits per heavy atom. The van der Waals surface area contributed by atoms with Gasteiger partial charge in [-0.2, -0.15) is 0 Å². The van der Waals surface area contributed by atoms with E-state index in [1.807, 2.05) is 54.7 Å². The first-order valence-electron chi connectivity index (χ1n) is 10.7. The van der Waals surface area contributed by atoms with Gasteiger partial charge in [-0.25, -0.2) is 0 Å². The van der Waals surface area contributed by atoms with E-state index in [9.17, 15) is 0 Å². The van der Waals surface area contributed by atoms with Crippen molar-refractivity contribution >= 4 is 28.9 Å². The minimum atomic E-state index is -0.0928. The van der Waals surface area contributed by atoms with Crippen LogP contribution in [0.5, 0.6) is 5.75 Å². The highest BCUT2D eigenvalue weighted by Crippen LogP contribution is 2.40. The third kappa shape index (κ3) is 4.32. The first-order chi connectivity index (χ1) is 16.1. The standard InChI is InChI=1S/C26H23ClN4OS/c1-32-21-12-10-18(11-13-21)17-31-25(24(29-26(31)33)22-8-2-3-14-28-22)23-9-5-15-30(23)20-7-4-6-19(27)16-20/h2-16,24-25H,17H2,1H3,(H,29,33)/t24-,25-/m1/s1. The summed E-state index contributed by atoms with van der Waals surface area (Å²) in [5.74, 6) is 0.832. The van der Waals surface area contributed by atoms with E-state index in [2.05, 4.69) is 56.3 Å². The fraction of sp³-hybridized carbons (Fsp3) is 0.154. The molecule has 0 amide bonds. The van der Waals surface area contributed by atoms with Gasteiger partial charge in [0.05, 0.1) is 24.9 Å². The minimum absolute atomic E-state index is 0.0662. The second-order valence-corrected chi connectivity index (χ2v) is 8.71. The molecule has 0 radical (unpaired) electrons. The van der Waals surface area contributed by atoms with Crippen molar-refractivity contribution in [2.75, 3.05) is 7.11 Å². The number of methoxy groups -OCH3 is 1. The molecule has 0 aliphatic carbocycles. The number of benzene rings is 2. The number of aromatic nitrogens is 2. The van der Waals surface area contributed by atoms with Crippen LogP contribution >= 0.6 is 23.8 Å². The van der Waals surface area contributed by atoms with Gasteiger partial charge >= 0.3 is 0 Å². The number of thiocarbonyl (C=S) groups is 1. The minimum Gasteiger partial charge on any atom is -0.497 e. The van der Waals surface area contributed by atoms with Gasteiger partial charge < -0.3 is 19.5 Å². The van der Waals surface area contributed by atoms with Crippen LogP contribution in [0.25, 0.3) is 5.69 Å². The lowest BCUT2D eigenvalue weighted by Crippen LogP contribution is -2.30. The zero-order chi connectivity index (χ0) is 22.8. The number of halogens is 1. The molecule has 0 unspecified atom stereocenters. The Kier molecular flexibility index (Phi) is 6.03. The van der Waals surface area contributed by atoms with Crippen molar-refractivity contribution in [3.05, 3.63) is 113 Å². The number of ether oxygens (including phenoxy) is 1. The Morgan fingerprint density at radius 1 is 1.03 bits per heavy atom. The summed E-state index contributed by atoms with van der Waals surface area (Å²) in [5, 5.41) is 4.92. The Hall–Kier alpha value is -3.35. The predicted molar refractivity (Wildman–Crippen MR) is 135 cm³/mol. The number of rotatable bonds is 6. The molecule has 33 heavy (non-hydrogen) atoms. The summed E-state index contributed by atoms with van der Waals surface area (Å²) in [4.78, 5) is 6.87. The topological polar surface area (TPSA) is 42.3 Å². The highest BCUT2D eigenvalue weighted by Gasteiger charge is 2.41. The average Bonchev–Trinajstić information content (AvgIpc) is 3.45. The van der Waals surface area contributed by atoms with E-state index in [0.29, 0.717) is 16.7 Å². The molecule has 1 aliphatic rings. The summed E-state index contributed by atoms with van der Waals surface area (Å²) in [6.45, 7) is 0.657. The van der Waals surface area contributed by atoms with Gasteiger partial charge in [0.1, 0.15) is 5.75 Å². The summed E-state index contributed by atoms with van der Waals surface area (Å²) in [5.41, 5.74) is 4.20. The number of nitrogens with zero attached hydrogens (tertiary/aromatic N) is 3. The zero-order valence-corrected chi connectivity index (χ0v) is 19.6. The van der Waals surface area contributed by atoms with Gasteiger partial charge in [0.2, 0.25) is 0 Å². The SMILES string of the molecule is COc1ccc(CN2C(=S)N[C@H](c3ccccn3)[C@H]2c2cccn2-c2cccc(Cl)c2)cc1. The Balaban J connectivity index is 1.58. The fourth-order valence-corrected chi connectivity index (χ4v) is 4.81. The maximum atomic E-state index is 6.31. The largest absolute Gasteiger partial charge is 0.497 e. The smallest absolute Gasteiger partial charge is 0.170 e. The Bertz CT molecular complexity index is 1260. The van der Waals surface area contributed by atoms with Crippen LogP contribution in [-0.2, 0) is 6.54 Å². The van der Waals surface area contributed by atoms with Gasteiger partial charge in [-0.3, -0.25) is 4.98 Å². The van der Waals surface area contributed by atoms with Crippen molar-refractivity contribution in [3.8, 4) is 11.4 Å². The van der Waals surface area contributed by atoms with Crippen LogP contribution in [0, 0.1) is 0 Å². The molecule has 0 spiro atoms. The molecule has 2 atom stereocenters. The first-order valence-corrected chi connectivity index (χ1v) is 11.5. The number of hydrogen-bond acceptors (Lipinski definition) is 3. The molecule has 3 heterocycles. The lowest BCUT2D eigenvalue weighted by atomic mass is 10.0. The van der Waals surface area contributed by atoms with Crippen LogP contribution in [0.15, 0.2) is 91.3 Å². The maximum Gasteiger partial charge on any atom is 0.170 e. The molecule has 1 fully saturated rings. The predicted octanol–water partition coefficient (Wildman–Crippen LogP) is 5.71. The summed E-state index contributed by atoms with van der Waals surface area (Å²) >= 11 is 12.1. The molecule has 5 nitrogen and oxygen atoms in total. The van der Waals surface area contributed by atoms with Crippen molar-refractivity contribution in [3.63, 3.8) is 0 Å². The second kappa shape index (κ2) is 9.25. The molecule has 7 heteroatoms. The molecular weight excluding hydrogens is 452 g/mol. The average molecular weight is 475 g/mol. The third-order valence-electron chi connectivity index (χ3n) is 5.88. The molecule has 0 saturated carbocycles. The van der Waals surface area contributed by atoms with Gasteiger partial charge in [0, 0.05) is 35.3 Å². The molecular formula is C26H23ClN4OS. The quantitative estimate of drug-likeness (QED) is 0.363. The monoisotopic (exact) mass is 474 g/mol. The molecule has 166 valence electrons. The van der Waals surface area contributed by atoms with E-state index in [4.69, 9.17) is 28.6 Å². The van der Waals surface area contributed by atoms with Crippen LogP contribution in [-0.4, -0.2) is 26.7 Å². The molecule has 1 N–H and O–H groups in total. The lowest BCUT2D eigenvalue weighted by molar-refractivity contribution is 0.302. The van der Waals surface area contributed by atoms with Gasteiger partial charge in [-0.05, 0) is 72.4 Å². The highest BCUT2D eigenvalue weighted by atomic mass is 35.5. The third-order valence-corrected chi connectivity index (χ3v) is 6.47. The van der Waals surface area contributed by atoms with Crippen molar-refractivity contribution in [2.45, 2.75) is 18.6 Å². The number of nitrogens with one attached hydrogen (secondary N) is 1. The molecule has 1 saturated heterocycles. The van der Waals surface area contributed by atoms with Crippen molar-refractivity contribution in [1.82, 2.24) is 19.8 Å².